The molecule has 0 bridgehead atoms. The third-order valence-corrected chi connectivity index (χ3v) is 9.88. The van der Waals surface area contributed by atoms with E-state index < -0.39 is 46.8 Å². The molecule has 4 aromatic carbocycles. The van der Waals surface area contributed by atoms with E-state index >= 15 is 0 Å². The van der Waals surface area contributed by atoms with Crippen LogP contribution in [0.2, 0.25) is 0 Å². The number of carbonyl (C=O) groups excluding carboxylic acids is 2. The Labute approximate surface area is 326 Å². The number of likely N-dealkylation sites (tertiary alicyclic amines) is 2. The van der Waals surface area contributed by atoms with Crippen LogP contribution >= 0.6 is 0 Å². The van der Waals surface area contributed by atoms with Gasteiger partial charge in [-0.2, -0.15) is 0 Å². The number of halogens is 2. The van der Waals surface area contributed by atoms with E-state index in [9.17, 15) is 28.3 Å². The molecule has 2 fully saturated rings. The largest absolute Gasteiger partial charge is 0.488 e. The van der Waals surface area contributed by atoms with E-state index in [1.54, 1.807) is 35.2 Å². The second kappa shape index (κ2) is 15.8. The average molecular weight is 770 g/mol. The monoisotopic (exact) mass is 769 g/mol. The van der Waals surface area contributed by atoms with Crippen LogP contribution in [0.15, 0.2) is 78.9 Å². The van der Waals surface area contributed by atoms with Crippen molar-refractivity contribution in [1.82, 2.24) is 9.80 Å². The summed E-state index contributed by atoms with van der Waals surface area (Å²) in [6.07, 6.45) is -1.17. The lowest BCUT2D eigenvalue weighted by Gasteiger charge is -2.37. The molecule has 2 aliphatic heterocycles. The first kappa shape index (κ1) is 40.0. The SMILES string of the molecule is Cc1cccc(-c2cc(NC(=O)c3ccc(OC4CCN(C(=O)O)[C@H]4C(C)(C)C)c(-c4ccc(F)c(F)c4)c3)ccc2O[C@H]2CCN(C(=O)OC(C)(C)C)C2)c1. The number of hydrogen-bond acceptors (Lipinski definition) is 6. The highest BCUT2D eigenvalue weighted by Crippen LogP contribution is 2.40. The fourth-order valence-electron chi connectivity index (χ4n) is 7.40. The molecule has 2 heterocycles. The van der Waals surface area contributed by atoms with Crippen LogP contribution in [-0.2, 0) is 4.74 Å². The van der Waals surface area contributed by atoms with Gasteiger partial charge in [-0.15, -0.1) is 0 Å². The van der Waals surface area contributed by atoms with Gasteiger partial charge in [-0.3, -0.25) is 4.79 Å². The first-order valence-electron chi connectivity index (χ1n) is 18.8. The molecule has 2 aliphatic rings. The molecule has 4 aromatic rings. The highest BCUT2D eigenvalue weighted by atomic mass is 19.2. The van der Waals surface area contributed by atoms with Gasteiger partial charge in [-0.1, -0.05) is 56.7 Å². The van der Waals surface area contributed by atoms with Crippen LogP contribution in [0.25, 0.3) is 22.3 Å². The highest BCUT2D eigenvalue weighted by Gasteiger charge is 2.45. The van der Waals surface area contributed by atoms with E-state index in [-0.39, 0.29) is 29.9 Å². The zero-order valence-electron chi connectivity index (χ0n) is 32.8. The van der Waals surface area contributed by atoms with E-state index in [2.05, 4.69) is 5.32 Å². The van der Waals surface area contributed by atoms with Gasteiger partial charge in [0, 0.05) is 48.3 Å². The van der Waals surface area contributed by atoms with Crippen molar-refractivity contribution < 1.29 is 42.5 Å². The smallest absolute Gasteiger partial charge is 0.410 e. The lowest BCUT2D eigenvalue weighted by molar-refractivity contribution is 0.0275. The number of aryl methyl sites for hydroxylation is 1. The molecule has 0 saturated carbocycles. The molecule has 0 aromatic heterocycles. The Morgan fingerprint density at radius 3 is 2.16 bits per heavy atom. The maximum Gasteiger partial charge on any atom is 0.410 e. The number of rotatable bonds is 8. The first-order valence-corrected chi connectivity index (χ1v) is 18.8. The van der Waals surface area contributed by atoms with Gasteiger partial charge >= 0.3 is 12.2 Å². The van der Waals surface area contributed by atoms with Crippen LogP contribution in [0.4, 0.5) is 24.1 Å². The molecule has 56 heavy (non-hydrogen) atoms. The third kappa shape index (κ3) is 9.23. The fourth-order valence-corrected chi connectivity index (χ4v) is 7.40. The minimum atomic E-state index is -1.06. The van der Waals surface area contributed by atoms with Gasteiger partial charge in [0.25, 0.3) is 5.91 Å². The lowest BCUT2D eigenvalue weighted by atomic mass is 9.83. The van der Waals surface area contributed by atoms with Gasteiger partial charge in [-0.05, 0) is 92.8 Å². The van der Waals surface area contributed by atoms with Crippen molar-refractivity contribution in [3.63, 3.8) is 0 Å². The van der Waals surface area contributed by atoms with Crippen molar-refractivity contribution in [3.8, 4) is 33.8 Å². The Morgan fingerprint density at radius 1 is 0.786 bits per heavy atom. The number of benzene rings is 4. The quantitative estimate of drug-likeness (QED) is 0.183. The second-order valence-electron chi connectivity index (χ2n) is 16.6. The van der Waals surface area contributed by atoms with Crippen molar-refractivity contribution in [2.45, 2.75) is 85.2 Å². The highest BCUT2D eigenvalue weighted by molar-refractivity contribution is 6.05. The Kier molecular flexibility index (Phi) is 11.3. The van der Waals surface area contributed by atoms with Crippen LogP contribution in [0.5, 0.6) is 11.5 Å². The third-order valence-electron chi connectivity index (χ3n) is 9.88. The summed E-state index contributed by atoms with van der Waals surface area (Å²) < 4.78 is 47.2. The van der Waals surface area contributed by atoms with Crippen molar-refractivity contribution in [3.05, 3.63) is 102 Å². The molecule has 2 saturated heterocycles. The molecule has 0 spiro atoms. The topological polar surface area (TPSA) is 118 Å². The molecule has 3 amide bonds. The normalized spacial score (nSPS) is 18.5. The van der Waals surface area contributed by atoms with Crippen LogP contribution in [0.3, 0.4) is 0 Å². The van der Waals surface area contributed by atoms with E-state index in [1.165, 1.54) is 11.0 Å². The van der Waals surface area contributed by atoms with E-state index in [0.29, 0.717) is 48.7 Å². The molecular weight excluding hydrogens is 720 g/mol. The first-order chi connectivity index (χ1) is 26.4. The van der Waals surface area contributed by atoms with Crippen molar-refractivity contribution in [2.24, 2.45) is 5.41 Å². The average Bonchev–Trinajstić information content (AvgIpc) is 3.77. The van der Waals surface area contributed by atoms with Crippen molar-refractivity contribution >= 4 is 23.8 Å². The van der Waals surface area contributed by atoms with E-state index in [0.717, 1.165) is 28.8 Å². The molecule has 0 radical (unpaired) electrons. The Hall–Kier alpha value is -5.65. The summed E-state index contributed by atoms with van der Waals surface area (Å²) in [5.74, 6) is -1.64. The van der Waals surface area contributed by atoms with Crippen LogP contribution < -0.4 is 14.8 Å². The summed E-state index contributed by atoms with van der Waals surface area (Å²) in [6, 6.07) is 21.0. The van der Waals surface area contributed by atoms with Gasteiger partial charge in [0.05, 0.1) is 12.6 Å². The number of nitrogens with one attached hydrogen (secondary N) is 1. The molecule has 3 atom stereocenters. The van der Waals surface area contributed by atoms with E-state index in [4.69, 9.17) is 14.2 Å². The van der Waals surface area contributed by atoms with Gasteiger partial charge in [0.1, 0.15) is 29.3 Å². The molecule has 296 valence electrons. The molecule has 6 rings (SSSR count). The van der Waals surface area contributed by atoms with Gasteiger partial charge in [0.2, 0.25) is 0 Å². The molecule has 1 unspecified atom stereocenters. The molecule has 0 aliphatic carbocycles. The minimum Gasteiger partial charge on any atom is -0.488 e. The number of carbonyl (C=O) groups is 3. The predicted molar refractivity (Wildman–Crippen MR) is 210 cm³/mol. The fraction of sp³-hybridized carbons (Fsp3) is 0.386. The summed E-state index contributed by atoms with van der Waals surface area (Å²) in [5.41, 5.74) is 2.94. The van der Waals surface area contributed by atoms with Crippen LogP contribution in [0, 0.1) is 24.0 Å². The summed E-state index contributed by atoms with van der Waals surface area (Å²) in [5, 5.41) is 12.9. The molecule has 10 nitrogen and oxygen atoms in total. The second-order valence-corrected chi connectivity index (χ2v) is 16.6. The maximum atomic E-state index is 14.6. The zero-order chi connectivity index (χ0) is 40.5. The van der Waals surface area contributed by atoms with Crippen LogP contribution in [-0.4, -0.2) is 76.5 Å². The Balaban J connectivity index is 1.28. The summed E-state index contributed by atoms with van der Waals surface area (Å²) in [7, 11) is 0. The number of amides is 3. The standard InChI is InChI=1S/C44H49F2N3O7/c1-26-9-8-10-27(21-26)33-24-30(13-16-36(33)54-31-17-19-48(25-31)42(53)56-44(5,6)7)47-40(50)29-12-15-37(32(22-29)28-11-14-34(45)35(46)23-28)55-38-18-20-49(41(51)52)39(38)43(2,3)4/h8-16,21-24,31,38-39H,17-20,25H2,1-7H3,(H,47,50)(H,51,52)/t31-,38?,39+/m0/s1. The Bertz CT molecular complexity index is 2130. The zero-order valence-corrected chi connectivity index (χ0v) is 32.8. The molecule has 12 heteroatoms. The minimum absolute atomic E-state index is 0.230. The number of hydrogen-bond donors (Lipinski definition) is 2. The number of carboxylic acid groups (broad SMARTS) is 1. The number of nitrogens with zero attached hydrogens (tertiary/aromatic N) is 2. The van der Waals surface area contributed by atoms with Crippen LogP contribution in [0.1, 0.15) is 70.3 Å². The van der Waals surface area contributed by atoms with E-state index in [1.807, 2.05) is 78.8 Å². The van der Waals surface area contributed by atoms with Gasteiger partial charge in [0.15, 0.2) is 11.6 Å². The summed E-state index contributed by atoms with van der Waals surface area (Å²) >= 11 is 0. The summed E-state index contributed by atoms with van der Waals surface area (Å²) in [4.78, 5) is 41.7. The maximum absolute atomic E-state index is 14.6. The predicted octanol–water partition coefficient (Wildman–Crippen LogP) is 9.79. The Morgan fingerprint density at radius 2 is 1.48 bits per heavy atom. The molecule has 2 N–H and O–H groups in total. The van der Waals surface area contributed by atoms with Gasteiger partial charge in [-0.25, -0.2) is 18.4 Å². The lowest BCUT2D eigenvalue weighted by Crippen LogP contribution is -2.48. The number of anilines is 1. The molecular formula is C44H49F2N3O7. The number of ether oxygens (including phenoxy) is 3. The van der Waals surface area contributed by atoms with Crippen molar-refractivity contribution in [1.29, 1.82) is 0 Å². The summed E-state index contributed by atoms with van der Waals surface area (Å²) in [6.45, 7) is 14.5. The van der Waals surface area contributed by atoms with Crippen molar-refractivity contribution in [2.75, 3.05) is 25.0 Å². The van der Waals surface area contributed by atoms with Gasteiger partial charge < -0.3 is 34.4 Å².